The number of halogens is 1. The summed E-state index contributed by atoms with van der Waals surface area (Å²) in [5, 5.41) is 16.4. The molecule has 0 aromatic carbocycles. The van der Waals surface area contributed by atoms with Gasteiger partial charge in [-0.3, -0.25) is 4.79 Å². The fourth-order valence-electron chi connectivity index (χ4n) is 2.93. The van der Waals surface area contributed by atoms with Crippen molar-refractivity contribution in [2.45, 2.75) is 31.8 Å². The molecule has 1 unspecified atom stereocenters. The fourth-order valence-corrected chi connectivity index (χ4v) is 3.20. The molecule has 1 amide bonds. The molecule has 1 aliphatic heterocycles. The van der Waals surface area contributed by atoms with Gasteiger partial charge in [0, 0.05) is 25.9 Å². The second kappa shape index (κ2) is 9.48. The molecular formula is C18H20ClN5O5. The molecule has 0 bridgehead atoms. The minimum Gasteiger partial charge on any atom is -0.452 e. The fraction of sp³-hybridized carbons (Fsp3) is 0.389. The molecule has 3 rings (SSSR count). The van der Waals surface area contributed by atoms with Crippen molar-refractivity contribution in [2.24, 2.45) is 0 Å². The number of aromatic nitrogens is 2. The van der Waals surface area contributed by atoms with Gasteiger partial charge in [0.2, 0.25) is 5.91 Å². The molecule has 2 aromatic rings. The van der Waals surface area contributed by atoms with Crippen molar-refractivity contribution in [1.29, 1.82) is 0 Å². The van der Waals surface area contributed by atoms with Gasteiger partial charge in [-0.1, -0.05) is 11.6 Å². The van der Waals surface area contributed by atoms with Gasteiger partial charge in [0.15, 0.2) is 17.6 Å². The quantitative estimate of drug-likeness (QED) is 0.510. The first-order valence-corrected chi connectivity index (χ1v) is 9.41. The zero-order valence-corrected chi connectivity index (χ0v) is 16.4. The van der Waals surface area contributed by atoms with Gasteiger partial charge in [-0.15, -0.1) is 0 Å². The molecule has 11 heteroatoms. The Morgan fingerprint density at radius 2 is 2.28 bits per heavy atom. The molecule has 0 spiro atoms. The van der Waals surface area contributed by atoms with Gasteiger partial charge < -0.3 is 30.2 Å². The Balaban J connectivity index is 1.70. The van der Waals surface area contributed by atoms with Crippen molar-refractivity contribution in [3.05, 3.63) is 39.7 Å². The van der Waals surface area contributed by atoms with Crippen LogP contribution in [0.25, 0.3) is 0 Å². The standard InChI is InChI=1S/C18H20ClN5O5/c1-20-17-16(19)13(10-22-18(17)24(26)27)29-12-5-6-21-14(8-12)23-15(25)9-11-4-2-3-7-28-11/h5-6,8,10-11,20H,2-4,7,9H2,1H3,(H,21,23,25). The van der Waals surface area contributed by atoms with Crippen LogP contribution in [0.5, 0.6) is 11.5 Å². The van der Waals surface area contributed by atoms with Crippen LogP contribution in [0.2, 0.25) is 5.02 Å². The molecule has 1 fully saturated rings. The summed E-state index contributed by atoms with van der Waals surface area (Å²) in [7, 11) is 1.50. The van der Waals surface area contributed by atoms with Gasteiger partial charge in [-0.25, -0.2) is 4.98 Å². The highest BCUT2D eigenvalue weighted by atomic mass is 35.5. The number of nitrogens with one attached hydrogen (secondary N) is 2. The van der Waals surface area contributed by atoms with Gasteiger partial charge >= 0.3 is 5.82 Å². The Morgan fingerprint density at radius 3 is 2.97 bits per heavy atom. The highest BCUT2D eigenvalue weighted by Crippen LogP contribution is 2.39. The monoisotopic (exact) mass is 421 g/mol. The summed E-state index contributed by atoms with van der Waals surface area (Å²) < 4.78 is 11.3. The van der Waals surface area contributed by atoms with Crippen LogP contribution in [-0.2, 0) is 9.53 Å². The molecule has 29 heavy (non-hydrogen) atoms. The third-order valence-electron chi connectivity index (χ3n) is 4.30. The molecule has 10 nitrogen and oxygen atoms in total. The second-order valence-electron chi connectivity index (χ2n) is 6.36. The topological polar surface area (TPSA) is 129 Å². The van der Waals surface area contributed by atoms with E-state index in [1.807, 2.05) is 0 Å². The number of rotatable bonds is 7. The van der Waals surface area contributed by atoms with E-state index in [2.05, 4.69) is 20.6 Å². The van der Waals surface area contributed by atoms with E-state index in [1.165, 1.54) is 25.5 Å². The lowest BCUT2D eigenvalue weighted by molar-refractivity contribution is -0.388. The number of nitrogens with zero attached hydrogens (tertiary/aromatic N) is 3. The van der Waals surface area contributed by atoms with E-state index in [9.17, 15) is 14.9 Å². The summed E-state index contributed by atoms with van der Waals surface area (Å²) in [6, 6.07) is 3.09. The molecular weight excluding hydrogens is 402 g/mol. The Labute approximate surface area is 171 Å². The lowest BCUT2D eigenvalue weighted by atomic mass is 10.1. The zero-order chi connectivity index (χ0) is 20.8. The van der Waals surface area contributed by atoms with Gasteiger partial charge in [-0.2, -0.15) is 0 Å². The molecule has 0 aliphatic carbocycles. The van der Waals surface area contributed by atoms with Gasteiger partial charge in [-0.05, 0) is 35.2 Å². The minimum atomic E-state index is -0.641. The maximum absolute atomic E-state index is 12.2. The third-order valence-corrected chi connectivity index (χ3v) is 4.68. The van der Waals surface area contributed by atoms with Crippen LogP contribution in [0.3, 0.4) is 0 Å². The Kier molecular flexibility index (Phi) is 6.78. The van der Waals surface area contributed by atoms with Crippen molar-refractivity contribution in [2.75, 3.05) is 24.3 Å². The summed E-state index contributed by atoms with van der Waals surface area (Å²) >= 11 is 6.21. The maximum atomic E-state index is 12.2. The highest BCUT2D eigenvalue weighted by molar-refractivity contribution is 6.35. The van der Waals surface area contributed by atoms with E-state index in [0.29, 0.717) is 18.2 Å². The summed E-state index contributed by atoms with van der Waals surface area (Å²) in [6.07, 6.45) is 5.76. The third kappa shape index (κ3) is 5.30. The molecule has 3 heterocycles. The SMILES string of the molecule is CNc1c([N+](=O)[O-])ncc(Oc2ccnc(NC(=O)CC3CCCCO3)c2)c1Cl. The number of carbonyl (C=O) groups excluding carboxylic acids is 1. The van der Waals surface area contributed by atoms with Crippen LogP contribution in [0.15, 0.2) is 24.5 Å². The van der Waals surface area contributed by atoms with Crippen molar-refractivity contribution in [3.63, 3.8) is 0 Å². The molecule has 154 valence electrons. The largest absolute Gasteiger partial charge is 0.452 e. The number of pyridine rings is 2. The van der Waals surface area contributed by atoms with Crippen molar-refractivity contribution >= 4 is 34.8 Å². The van der Waals surface area contributed by atoms with Gasteiger partial charge in [0.05, 0.1) is 12.5 Å². The van der Waals surface area contributed by atoms with Crippen molar-refractivity contribution in [1.82, 2.24) is 9.97 Å². The van der Waals surface area contributed by atoms with E-state index in [0.717, 1.165) is 19.3 Å². The Bertz CT molecular complexity index is 904. The summed E-state index contributed by atoms with van der Waals surface area (Å²) in [5.41, 5.74) is 0.0456. The summed E-state index contributed by atoms with van der Waals surface area (Å²) in [4.78, 5) is 30.5. The van der Waals surface area contributed by atoms with Gasteiger partial charge in [0.25, 0.3) is 0 Å². The number of ether oxygens (including phenoxy) is 2. The van der Waals surface area contributed by atoms with E-state index in [4.69, 9.17) is 21.1 Å². The second-order valence-corrected chi connectivity index (χ2v) is 6.74. The van der Waals surface area contributed by atoms with E-state index in [-0.39, 0.29) is 34.9 Å². The van der Waals surface area contributed by atoms with E-state index < -0.39 is 10.7 Å². The average Bonchev–Trinajstić information content (AvgIpc) is 2.70. The smallest absolute Gasteiger partial charge is 0.388 e. The number of hydrogen-bond donors (Lipinski definition) is 2. The number of nitro groups is 1. The normalized spacial score (nSPS) is 16.1. The first-order chi connectivity index (χ1) is 14.0. The Hall–Kier alpha value is -2.98. The van der Waals surface area contributed by atoms with Crippen LogP contribution in [0, 0.1) is 10.1 Å². The van der Waals surface area contributed by atoms with E-state index in [1.54, 1.807) is 6.07 Å². The maximum Gasteiger partial charge on any atom is 0.388 e. The summed E-state index contributed by atoms with van der Waals surface area (Å²) in [5.74, 6) is 0.166. The average molecular weight is 422 g/mol. The zero-order valence-electron chi connectivity index (χ0n) is 15.7. The van der Waals surface area contributed by atoms with Crippen LogP contribution < -0.4 is 15.4 Å². The van der Waals surface area contributed by atoms with Crippen LogP contribution >= 0.6 is 11.6 Å². The lowest BCUT2D eigenvalue weighted by Crippen LogP contribution is -2.25. The van der Waals surface area contributed by atoms with E-state index >= 15 is 0 Å². The number of carbonyl (C=O) groups is 1. The molecule has 1 atom stereocenters. The molecule has 0 radical (unpaired) electrons. The van der Waals surface area contributed by atoms with Crippen LogP contribution in [-0.4, -0.2) is 40.6 Å². The number of amides is 1. The molecule has 0 saturated carbocycles. The predicted octanol–water partition coefficient (Wildman–Crippen LogP) is 3.77. The molecule has 1 saturated heterocycles. The first-order valence-electron chi connectivity index (χ1n) is 9.04. The molecule has 2 aromatic heterocycles. The van der Waals surface area contributed by atoms with Crippen molar-refractivity contribution < 1.29 is 19.2 Å². The van der Waals surface area contributed by atoms with Crippen LogP contribution in [0.4, 0.5) is 17.3 Å². The van der Waals surface area contributed by atoms with Gasteiger partial charge in [0.1, 0.15) is 16.6 Å². The first kappa shape index (κ1) is 20.7. The highest BCUT2D eigenvalue weighted by Gasteiger charge is 2.23. The lowest BCUT2D eigenvalue weighted by Gasteiger charge is -2.21. The minimum absolute atomic E-state index is 0.0195. The number of hydrogen-bond acceptors (Lipinski definition) is 8. The Morgan fingerprint density at radius 1 is 1.45 bits per heavy atom. The number of anilines is 2. The summed E-state index contributed by atoms with van der Waals surface area (Å²) in [6.45, 7) is 0.679. The van der Waals surface area contributed by atoms with Crippen LogP contribution in [0.1, 0.15) is 25.7 Å². The predicted molar refractivity (Wildman–Crippen MR) is 107 cm³/mol. The molecule has 2 N–H and O–H groups in total. The molecule has 1 aliphatic rings. The van der Waals surface area contributed by atoms with Crippen molar-refractivity contribution in [3.8, 4) is 11.5 Å².